The maximum absolute atomic E-state index is 12.2. The molecule has 116 valence electrons. The molecule has 2 atom stereocenters. The van der Waals surface area contributed by atoms with E-state index in [2.05, 4.69) is 4.72 Å². The number of benzene rings is 1. The molecule has 1 aliphatic heterocycles. The Hall–Kier alpha value is -1.28. The van der Waals surface area contributed by atoms with Crippen molar-refractivity contribution in [2.45, 2.75) is 36.9 Å². The molecule has 7 heteroatoms. The number of ether oxygens (including phenoxy) is 1. The fraction of sp³-hybridized carbons (Fsp3) is 0.500. The molecule has 0 amide bonds. The van der Waals surface area contributed by atoms with Crippen LogP contribution in [0.1, 0.15) is 30.6 Å². The Bertz CT molecular complexity index is 625. The van der Waals surface area contributed by atoms with Crippen molar-refractivity contribution in [3.63, 3.8) is 0 Å². The number of carbonyl (C=O) groups is 1. The molecule has 1 fully saturated rings. The van der Waals surface area contributed by atoms with Gasteiger partial charge in [-0.1, -0.05) is 12.1 Å². The quantitative estimate of drug-likeness (QED) is 0.781. The number of ketones is 1. The summed E-state index contributed by atoms with van der Waals surface area (Å²) in [4.78, 5) is 11.2. The molecule has 21 heavy (non-hydrogen) atoms. The molecular formula is C14H19NO5S. The van der Waals surface area contributed by atoms with E-state index in [1.54, 1.807) is 6.92 Å². The van der Waals surface area contributed by atoms with Crippen LogP contribution in [0.5, 0.6) is 0 Å². The molecule has 1 aromatic rings. The average Bonchev–Trinajstić information content (AvgIpc) is 2.77. The van der Waals surface area contributed by atoms with Crippen molar-refractivity contribution in [3.05, 3.63) is 29.8 Å². The molecular weight excluding hydrogens is 294 g/mol. The van der Waals surface area contributed by atoms with Gasteiger partial charge >= 0.3 is 0 Å². The maximum Gasteiger partial charge on any atom is 0.240 e. The van der Waals surface area contributed by atoms with Gasteiger partial charge in [-0.05, 0) is 26.0 Å². The highest BCUT2D eigenvalue weighted by molar-refractivity contribution is 7.89. The Morgan fingerprint density at radius 3 is 2.52 bits per heavy atom. The van der Waals surface area contributed by atoms with Crippen LogP contribution in [0, 0.1) is 0 Å². The number of nitrogens with one attached hydrogen (secondary N) is 1. The lowest BCUT2D eigenvalue weighted by molar-refractivity contribution is -0.0228. The van der Waals surface area contributed by atoms with E-state index in [0.717, 1.165) is 0 Å². The van der Waals surface area contributed by atoms with Crippen molar-refractivity contribution >= 4 is 15.8 Å². The first-order valence-electron chi connectivity index (χ1n) is 6.69. The predicted molar refractivity (Wildman–Crippen MR) is 76.6 cm³/mol. The first-order chi connectivity index (χ1) is 9.74. The topological polar surface area (TPSA) is 92.7 Å². The number of carbonyl (C=O) groups excluding carboxylic acids is 1. The first kappa shape index (κ1) is 16.1. The molecule has 1 heterocycles. The third-order valence-corrected chi connectivity index (χ3v) is 5.22. The van der Waals surface area contributed by atoms with E-state index in [9.17, 15) is 18.3 Å². The van der Waals surface area contributed by atoms with Gasteiger partial charge < -0.3 is 9.84 Å². The van der Waals surface area contributed by atoms with Gasteiger partial charge in [-0.15, -0.1) is 0 Å². The van der Waals surface area contributed by atoms with Crippen molar-refractivity contribution in [2.24, 2.45) is 0 Å². The molecule has 0 radical (unpaired) electrons. The fourth-order valence-electron chi connectivity index (χ4n) is 2.18. The normalized spacial score (nSPS) is 26.0. The van der Waals surface area contributed by atoms with Crippen molar-refractivity contribution in [3.8, 4) is 0 Å². The average molecular weight is 313 g/mol. The van der Waals surface area contributed by atoms with Crippen LogP contribution in [-0.4, -0.2) is 44.2 Å². The van der Waals surface area contributed by atoms with Crippen molar-refractivity contribution in [1.29, 1.82) is 0 Å². The number of hydrogen-bond acceptors (Lipinski definition) is 5. The van der Waals surface area contributed by atoms with E-state index in [0.29, 0.717) is 18.6 Å². The minimum Gasteiger partial charge on any atom is -0.386 e. The summed E-state index contributed by atoms with van der Waals surface area (Å²) >= 11 is 0. The van der Waals surface area contributed by atoms with Gasteiger partial charge in [0.1, 0.15) is 5.60 Å². The summed E-state index contributed by atoms with van der Waals surface area (Å²) in [6.45, 7) is 3.43. The number of Topliss-reactive ketones (excluding diaryl/α,β-unsaturated/α-hetero) is 1. The van der Waals surface area contributed by atoms with E-state index in [4.69, 9.17) is 4.74 Å². The first-order valence-corrected chi connectivity index (χ1v) is 8.17. The van der Waals surface area contributed by atoms with Gasteiger partial charge in [0.2, 0.25) is 10.0 Å². The lowest BCUT2D eigenvalue weighted by Crippen LogP contribution is -2.47. The highest BCUT2D eigenvalue weighted by atomic mass is 32.2. The lowest BCUT2D eigenvalue weighted by atomic mass is 9.97. The molecule has 0 spiro atoms. The molecule has 2 unspecified atom stereocenters. The summed E-state index contributed by atoms with van der Waals surface area (Å²) in [5.74, 6) is -0.127. The van der Waals surface area contributed by atoms with Gasteiger partial charge in [0.25, 0.3) is 0 Å². The predicted octanol–water partition coefficient (Wildman–Crippen LogP) is 0.707. The van der Waals surface area contributed by atoms with Crippen molar-refractivity contribution in [2.75, 3.05) is 13.2 Å². The SMILES string of the molecule is CC(=O)c1ccc(S(=O)(=O)NCC2(O)CCOC2C)cc1. The van der Waals surface area contributed by atoms with Crippen LogP contribution in [0.3, 0.4) is 0 Å². The smallest absolute Gasteiger partial charge is 0.240 e. The summed E-state index contributed by atoms with van der Waals surface area (Å²) in [5.41, 5.74) is -0.739. The monoisotopic (exact) mass is 313 g/mol. The molecule has 0 aromatic heterocycles. The Balaban J connectivity index is 2.10. The number of hydrogen-bond donors (Lipinski definition) is 2. The van der Waals surface area contributed by atoms with Crippen LogP contribution in [0.15, 0.2) is 29.2 Å². The molecule has 2 N–H and O–H groups in total. The molecule has 1 aromatic carbocycles. The van der Waals surface area contributed by atoms with Gasteiger partial charge in [0.15, 0.2) is 5.78 Å². The zero-order chi connectivity index (χ0) is 15.7. The molecule has 1 aliphatic rings. The fourth-order valence-corrected chi connectivity index (χ4v) is 3.28. The second-order valence-corrected chi connectivity index (χ2v) is 7.04. The van der Waals surface area contributed by atoms with Gasteiger partial charge in [0, 0.05) is 25.1 Å². The van der Waals surface area contributed by atoms with Crippen LogP contribution < -0.4 is 4.72 Å². The van der Waals surface area contributed by atoms with Crippen molar-refractivity contribution in [1.82, 2.24) is 4.72 Å². The van der Waals surface area contributed by atoms with E-state index < -0.39 is 21.7 Å². The summed E-state index contributed by atoms with van der Waals surface area (Å²) in [7, 11) is -3.73. The third-order valence-electron chi connectivity index (χ3n) is 3.80. The zero-order valence-corrected chi connectivity index (χ0v) is 12.8. The Morgan fingerprint density at radius 2 is 2.05 bits per heavy atom. The van der Waals surface area contributed by atoms with Gasteiger partial charge in [-0.25, -0.2) is 13.1 Å². The van der Waals surface area contributed by atoms with Crippen LogP contribution in [0.25, 0.3) is 0 Å². The highest BCUT2D eigenvalue weighted by Crippen LogP contribution is 2.25. The Kier molecular flexibility index (Phi) is 4.48. The minimum atomic E-state index is -3.73. The van der Waals surface area contributed by atoms with E-state index >= 15 is 0 Å². The second kappa shape index (κ2) is 5.84. The third kappa shape index (κ3) is 3.49. The number of sulfonamides is 1. The molecule has 2 rings (SSSR count). The molecule has 0 aliphatic carbocycles. The summed E-state index contributed by atoms with van der Waals surface area (Å²) in [5, 5.41) is 10.3. The molecule has 0 saturated carbocycles. The van der Waals surface area contributed by atoms with E-state index in [1.165, 1.54) is 31.2 Å². The molecule has 6 nitrogen and oxygen atoms in total. The highest BCUT2D eigenvalue weighted by Gasteiger charge is 2.40. The molecule has 0 bridgehead atoms. The minimum absolute atomic E-state index is 0.0580. The number of rotatable bonds is 5. The lowest BCUT2D eigenvalue weighted by Gasteiger charge is -2.26. The second-order valence-electron chi connectivity index (χ2n) is 5.27. The van der Waals surface area contributed by atoms with Gasteiger partial charge in [-0.3, -0.25) is 4.79 Å². The van der Waals surface area contributed by atoms with Crippen molar-refractivity contribution < 1.29 is 23.1 Å². The Morgan fingerprint density at radius 1 is 1.43 bits per heavy atom. The zero-order valence-electron chi connectivity index (χ0n) is 12.0. The van der Waals surface area contributed by atoms with Gasteiger partial charge in [-0.2, -0.15) is 0 Å². The number of aliphatic hydroxyl groups is 1. The summed E-state index contributed by atoms with van der Waals surface area (Å²) in [6, 6.07) is 5.68. The van der Waals surface area contributed by atoms with E-state index in [-0.39, 0.29) is 17.2 Å². The largest absolute Gasteiger partial charge is 0.386 e. The summed E-state index contributed by atoms with van der Waals surface area (Å²) in [6.07, 6.45) is -0.0275. The van der Waals surface area contributed by atoms with Crippen LogP contribution >= 0.6 is 0 Å². The maximum atomic E-state index is 12.2. The summed E-state index contributed by atoms with van der Waals surface area (Å²) < 4.78 is 32.0. The molecule has 1 saturated heterocycles. The van der Waals surface area contributed by atoms with Crippen LogP contribution in [0.2, 0.25) is 0 Å². The Labute approximate surface area is 124 Å². The van der Waals surface area contributed by atoms with E-state index in [1.807, 2.05) is 0 Å². The standard InChI is InChI=1S/C14H19NO5S/c1-10(16)12-3-5-13(6-4-12)21(18,19)15-9-14(17)7-8-20-11(14)2/h3-6,11,15,17H,7-9H2,1-2H3. The van der Waals surface area contributed by atoms with Crippen LogP contribution in [0.4, 0.5) is 0 Å². The van der Waals surface area contributed by atoms with Crippen LogP contribution in [-0.2, 0) is 14.8 Å². The van der Waals surface area contributed by atoms with Gasteiger partial charge in [0.05, 0.1) is 11.0 Å².